The van der Waals surface area contributed by atoms with Gasteiger partial charge in [0.2, 0.25) is 5.88 Å². The average Bonchev–Trinajstić information content (AvgIpc) is 2.45. The largest absolute Gasteiger partial charge is 0.481 e. The van der Waals surface area contributed by atoms with Crippen molar-refractivity contribution in [3.8, 4) is 5.88 Å². The Bertz CT molecular complexity index is 617. The number of ether oxygens (including phenoxy) is 1. The third-order valence-corrected chi connectivity index (χ3v) is 2.88. The Hall–Kier alpha value is -2.34. The van der Waals surface area contributed by atoms with Gasteiger partial charge in [0.1, 0.15) is 5.69 Å². The molecule has 0 aliphatic carbocycles. The van der Waals surface area contributed by atoms with Crippen LogP contribution in [0, 0.1) is 10.1 Å². The molecule has 7 heteroatoms. The number of nitro groups is 1. The highest BCUT2D eigenvalue weighted by molar-refractivity contribution is 6.31. The SMILES string of the molecule is COc1ccc(CNc2cc(Cl)ccc2[N+](=O)[O-])cn1. The van der Waals surface area contributed by atoms with Crippen LogP contribution in [0.1, 0.15) is 5.56 Å². The smallest absolute Gasteiger partial charge is 0.292 e. The van der Waals surface area contributed by atoms with Crippen LogP contribution in [0.5, 0.6) is 5.88 Å². The molecule has 0 aliphatic rings. The standard InChI is InChI=1S/C13H12ClN3O3/c1-20-13-5-2-9(8-16-13)7-15-11-6-10(14)3-4-12(11)17(18)19/h2-6,8,15H,7H2,1H3. The van der Waals surface area contributed by atoms with Gasteiger partial charge < -0.3 is 10.1 Å². The molecule has 1 N–H and O–H groups in total. The van der Waals surface area contributed by atoms with Crippen molar-refractivity contribution in [3.63, 3.8) is 0 Å². The van der Waals surface area contributed by atoms with Crippen molar-refractivity contribution < 1.29 is 9.66 Å². The zero-order valence-corrected chi connectivity index (χ0v) is 11.4. The summed E-state index contributed by atoms with van der Waals surface area (Å²) >= 11 is 5.85. The molecule has 0 bridgehead atoms. The van der Waals surface area contributed by atoms with E-state index in [0.29, 0.717) is 23.1 Å². The summed E-state index contributed by atoms with van der Waals surface area (Å²) < 4.78 is 4.96. The first-order valence-electron chi connectivity index (χ1n) is 5.77. The molecule has 1 heterocycles. The van der Waals surface area contributed by atoms with Gasteiger partial charge in [-0.3, -0.25) is 10.1 Å². The van der Waals surface area contributed by atoms with Crippen LogP contribution < -0.4 is 10.1 Å². The summed E-state index contributed by atoms with van der Waals surface area (Å²) in [5, 5.41) is 14.3. The molecule has 0 atom stereocenters. The normalized spacial score (nSPS) is 10.1. The Morgan fingerprint density at radius 1 is 1.40 bits per heavy atom. The second-order valence-electron chi connectivity index (χ2n) is 3.98. The quantitative estimate of drug-likeness (QED) is 0.676. The molecule has 2 rings (SSSR count). The van der Waals surface area contributed by atoms with Gasteiger partial charge in [0.25, 0.3) is 5.69 Å². The Morgan fingerprint density at radius 2 is 2.20 bits per heavy atom. The van der Waals surface area contributed by atoms with Crippen molar-refractivity contribution >= 4 is 23.0 Å². The predicted octanol–water partition coefficient (Wildman–Crippen LogP) is 3.26. The summed E-state index contributed by atoms with van der Waals surface area (Å²) in [5.74, 6) is 0.516. The maximum Gasteiger partial charge on any atom is 0.292 e. The van der Waals surface area contributed by atoms with Gasteiger partial charge in [-0.05, 0) is 17.7 Å². The first-order valence-corrected chi connectivity index (χ1v) is 6.14. The molecular weight excluding hydrogens is 282 g/mol. The van der Waals surface area contributed by atoms with Crippen molar-refractivity contribution in [2.75, 3.05) is 12.4 Å². The van der Waals surface area contributed by atoms with Crippen molar-refractivity contribution in [1.29, 1.82) is 0 Å². The number of halogens is 1. The van der Waals surface area contributed by atoms with Crippen LogP contribution in [0.3, 0.4) is 0 Å². The van der Waals surface area contributed by atoms with Crippen LogP contribution in [-0.4, -0.2) is 17.0 Å². The topological polar surface area (TPSA) is 77.3 Å². The molecule has 0 spiro atoms. The zero-order valence-electron chi connectivity index (χ0n) is 10.7. The van der Waals surface area contributed by atoms with Gasteiger partial charge in [-0.25, -0.2) is 4.98 Å². The summed E-state index contributed by atoms with van der Waals surface area (Å²) in [4.78, 5) is 14.5. The molecule has 0 radical (unpaired) electrons. The fraction of sp³-hybridized carbons (Fsp3) is 0.154. The number of nitro benzene ring substituents is 1. The van der Waals surface area contributed by atoms with E-state index in [-0.39, 0.29) is 5.69 Å². The van der Waals surface area contributed by atoms with Gasteiger partial charge >= 0.3 is 0 Å². The maximum atomic E-state index is 10.9. The molecule has 104 valence electrons. The fourth-order valence-corrected chi connectivity index (χ4v) is 1.81. The highest BCUT2D eigenvalue weighted by Crippen LogP contribution is 2.28. The minimum Gasteiger partial charge on any atom is -0.481 e. The van der Waals surface area contributed by atoms with Crippen LogP contribution >= 0.6 is 11.6 Å². The molecule has 20 heavy (non-hydrogen) atoms. The van der Waals surface area contributed by atoms with Crippen LogP contribution in [0.4, 0.5) is 11.4 Å². The monoisotopic (exact) mass is 293 g/mol. The van der Waals surface area contributed by atoms with Crippen LogP contribution in [0.2, 0.25) is 5.02 Å². The van der Waals surface area contributed by atoms with Crippen molar-refractivity contribution in [3.05, 3.63) is 57.2 Å². The van der Waals surface area contributed by atoms with Crippen LogP contribution in [-0.2, 0) is 6.54 Å². The van der Waals surface area contributed by atoms with Crippen molar-refractivity contribution in [1.82, 2.24) is 4.98 Å². The molecular formula is C13H12ClN3O3. The van der Waals surface area contributed by atoms with E-state index in [1.807, 2.05) is 6.07 Å². The molecule has 0 saturated carbocycles. The molecule has 2 aromatic rings. The minimum atomic E-state index is -0.453. The van der Waals surface area contributed by atoms with Gasteiger partial charge in [0.05, 0.1) is 12.0 Å². The molecule has 0 aliphatic heterocycles. The highest BCUT2D eigenvalue weighted by Gasteiger charge is 2.13. The Kier molecular flexibility index (Phi) is 4.37. The zero-order chi connectivity index (χ0) is 14.5. The van der Waals surface area contributed by atoms with E-state index in [4.69, 9.17) is 16.3 Å². The fourth-order valence-electron chi connectivity index (χ4n) is 1.64. The molecule has 1 aromatic carbocycles. The van der Waals surface area contributed by atoms with Crippen molar-refractivity contribution in [2.45, 2.75) is 6.54 Å². The lowest BCUT2D eigenvalue weighted by atomic mass is 10.2. The summed E-state index contributed by atoms with van der Waals surface area (Å²) in [5.41, 5.74) is 1.23. The van der Waals surface area contributed by atoms with E-state index in [9.17, 15) is 10.1 Å². The lowest BCUT2D eigenvalue weighted by Gasteiger charge is -2.08. The van der Waals surface area contributed by atoms with Crippen LogP contribution in [0.25, 0.3) is 0 Å². The lowest BCUT2D eigenvalue weighted by molar-refractivity contribution is -0.384. The number of nitrogens with one attached hydrogen (secondary N) is 1. The number of methoxy groups -OCH3 is 1. The number of aromatic nitrogens is 1. The van der Waals surface area contributed by atoms with Gasteiger partial charge in [-0.15, -0.1) is 0 Å². The molecule has 1 aromatic heterocycles. The van der Waals surface area contributed by atoms with E-state index >= 15 is 0 Å². The van der Waals surface area contributed by atoms with E-state index < -0.39 is 4.92 Å². The van der Waals surface area contributed by atoms with E-state index in [1.54, 1.807) is 12.3 Å². The number of benzene rings is 1. The average molecular weight is 294 g/mol. The molecule has 0 saturated heterocycles. The minimum absolute atomic E-state index is 0.0177. The number of rotatable bonds is 5. The number of hydrogen-bond donors (Lipinski definition) is 1. The van der Waals surface area contributed by atoms with Gasteiger partial charge in [0.15, 0.2) is 0 Å². The highest BCUT2D eigenvalue weighted by atomic mass is 35.5. The Morgan fingerprint density at radius 3 is 2.80 bits per heavy atom. The Labute approximate surface area is 120 Å². The first kappa shape index (κ1) is 14.1. The summed E-state index contributed by atoms with van der Waals surface area (Å²) in [7, 11) is 1.54. The summed E-state index contributed by atoms with van der Waals surface area (Å²) in [6.07, 6.45) is 1.64. The number of pyridine rings is 1. The number of nitrogens with zero attached hydrogens (tertiary/aromatic N) is 2. The molecule has 0 amide bonds. The molecule has 0 fully saturated rings. The third-order valence-electron chi connectivity index (χ3n) is 2.64. The lowest BCUT2D eigenvalue weighted by Crippen LogP contribution is -2.03. The second kappa shape index (κ2) is 6.21. The summed E-state index contributed by atoms with van der Waals surface area (Å²) in [6.45, 7) is 0.401. The number of hydrogen-bond acceptors (Lipinski definition) is 5. The molecule has 6 nitrogen and oxygen atoms in total. The molecule has 0 unspecified atom stereocenters. The third kappa shape index (κ3) is 3.36. The maximum absolute atomic E-state index is 10.9. The predicted molar refractivity (Wildman–Crippen MR) is 76.2 cm³/mol. The van der Waals surface area contributed by atoms with Gasteiger partial charge in [0, 0.05) is 29.9 Å². The van der Waals surface area contributed by atoms with Crippen molar-refractivity contribution in [2.24, 2.45) is 0 Å². The van der Waals surface area contributed by atoms with Gasteiger partial charge in [-0.1, -0.05) is 17.7 Å². The second-order valence-corrected chi connectivity index (χ2v) is 4.42. The first-order chi connectivity index (χ1) is 9.60. The Balaban J connectivity index is 2.13. The summed E-state index contributed by atoms with van der Waals surface area (Å²) in [6, 6.07) is 7.94. The van der Waals surface area contributed by atoms with Crippen LogP contribution in [0.15, 0.2) is 36.5 Å². The van der Waals surface area contributed by atoms with E-state index in [1.165, 1.54) is 25.3 Å². The number of anilines is 1. The van der Waals surface area contributed by atoms with E-state index in [2.05, 4.69) is 10.3 Å². The van der Waals surface area contributed by atoms with E-state index in [0.717, 1.165) is 5.56 Å². The van der Waals surface area contributed by atoms with Gasteiger partial charge in [-0.2, -0.15) is 0 Å².